The molecule has 0 unspecified atom stereocenters. The Bertz CT molecular complexity index is 516. The number of hydrogen-bond donors (Lipinski definition) is 1. The summed E-state index contributed by atoms with van der Waals surface area (Å²) in [6.07, 6.45) is 3.25. The van der Waals surface area contributed by atoms with Crippen LogP contribution in [0.2, 0.25) is 0 Å². The highest BCUT2D eigenvalue weighted by atomic mass is 127. The van der Waals surface area contributed by atoms with E-state index in [-0.39, 0.29) is 24.0 Å². The molecular formula is C20H34IN3O2. The molecule has 5 nitrogen and oxygen atoms in total. The van der Waals surface area contributed by atoms with Gasteiger partial charge in [-0.15, -0.1) is 24.0 Å². The fourth-order valence-electron chi connectivity index (χ4n) is 2.96. The zero-order chi connectivity index (χ0) is 17.9. The van der Waals surface area contributed by atoms with E-state index >= 15 is 0 Å². The van der Waals surface area contributed by atoms with Gasteiger partial charge in [-0.2, -0.15) is 0 Å². The molecule has 0 radical (unpaired) electrons. The maximum Gasteiger partial charge on any atom is 0.193 e. The van der Waals surface area contributed by atoms with E-state index in [4.69, 9.17) is 9.47 Å². The van der Waals surface area contributed by atoms with Crippen LogP contribution in [0.25, 0.3) is 0 Å². The first-order chi connectivity index (χ1) is 12.2. The first-order valence-corrected chi connectivity index (χ1v) is 9.32. The monoisotopic (exact) mass is 475 g/mol. The van der Waals surface area contributed by atoms with Gasteiger partial charge in [-0.25, -0.2) is 0 Å². The highest BCUT2D eigenvalue weighted by Crippen LogP contribution is 2.14. The van der Waals surface area contributed by atoms with E-state index in [0.717, 1.165) is 64.7 Å². The summed E-state index contributed by atoms with van der Waals surface area (Å²) >= 11 is 0. The lowest BCUT2D eigenvalue weighted by Gasteiger charge is -2.23. The number of guanidine groups is 1. The van der Waals surface area contributed by atoms with Crippen LogP contribution in [0.3, 0.4) is 0 Å². The summed E-state index contributed by atoms with van der Waals surface area (Å²) in [5.74, 6) is 1.60. The van der Waals surface area contributed by atoms with Crippen LogP contribution < -0.4 is 5.32 Å². The summed E-state index contributed by atoms with van der Waals surface area (Å²) in [4.78, 5) is 6.52. The Kier molecular flexibility index (Phi) is 11.9. The maximum absolute atomic E-state index is 5.81. The highest BCUT2D eigenvalue weighted by molar-refractivity contribution is 14.0. The fraction of sp³-hybridized carbons (Fsp3) is 0.650. The number of aryl methyl sites for hydroxylation is 1. The van der Waals surface area contributed by atoms with E-state index in [2.05, 4.69) is 53.4 Å². The van der Waals surface area contributed by atoms with Gasteiger partial charge in [0.1, 0.15) is 0 Å². The minimum Gasteiger partial charge on any atom is -0.381 e. The van der Waals surface area contributed by atoms with E-state index in [1.807, 2.05) is 7.05 Å². The second-order valence-electron chi connectivity index (χ2n) is 6.80. The predicted octanol–water partition coefficient (Wildman–Crippen LogP) is 3.45. The van der Waals surface area contributed by atoms with E-state index in [1.165, 1.54) is 11.1 Å². The molecule has 2 rings (SSSR count). The van der Waals surface area contributed by atoms with E-state index < -0.39 is 0 Å². The summed E-state index contributed by atoms with van der Waals surface area (Å²) in [7, 11) is 3.90. The number of aliphatic imine (C=N–C) groups is 1. The summed E-state index contributed by atoms with van der Waals surface area (Å²) in [6, 6.07) is 8.64. The number of nitrogens with one attached hydrogen (secondary N) is 1. The van der Waals surface area contributed by atoms with Crippen molar-refractivity contribution in [2.45, 2.75) is 32.7 Å². The van der Waals surface area contributed by atoms with Crippen molar-refractivity contribution in [2.75, 3.05) is 47.1 Å². The largest absolute Gasteiger partial charge is 0.381 e. The zero-order valence-corrected chi connectivity index (χ0v) is 18.7. The number of halogens is 1. The molecule has 1 heterocycles. The van der Waals surface area contributed by atoms with Gasteiger partial charge >= 0.3 is 0 Å². The molecule has 1 aromatic rings. The molecule has 6 heteroatoms. The van der Waals surface area contributed by atoms with Gasteiger partial charge in [0.2, 0.25) is 0 Å². The Hall–Kier alpha value is -0.860. The molecule has 148 valence electrons. The van der Waals surface area contributed by atoms with Crippen LogP contribution in [-0.2, 0) is 16.0 Å². The molecule has 1 saturated heterocycles. The Morgan fingerprint density at radius 1 is 1.27 bits per heavy atom. The van der Waals surface area contributed by atoms with Gasteiger partial charge in [0.25, 0.3) is 0 Å². The summed E-state index contributed by atoms with van der Waals surface area (Å²) in [6.45, 7) is 7.27. The second kappa shape index (κ2) is 13.3. The molecule has 0 atom stereocenters. The number of hydrogen-bond acceptors (Lipinski definition) is 3. The van der Waals surface area contributed by atoms with Crippen LogP contribution in [0.15, 0.2) is 29.3 Å². The smallest absolute Gasteiger partial charge is 0.193 e. The molecule has 26 heavy (non-hydrogen) atoms. The lowest BCUT2D eigenvalue weighted by atomic mass is 10.0. The van der Waals surface area contributed by atoms with Crippen molar-refractivity contribution >= 4 is 29.9 Å². The number of ether oxygens (including phenoxy) is 2. The Labute approximate surface area is 175 Å². The molecule has 1 aliphatic heterocycles. The topological polar surface area (TPSA) is 46.1 Å². The lowest BCUT2D eigenvalue weighted by Crippen LogP contribution is -2.39. The van der Waals surface area contributed by atoms with Crippen LogP contribution in [0, 0.1) is 12.8 Å². The van der Waals surface area contributed by atoms with Crippen LogP contribution in [0.1, 0.15) is 30.4 Å². The molecule has 0 aromatic heterocycles. The van der Waals surface area contributed by atoms with E-state index in [9.17, 15) is 0 Å². The predicted molar refractivity (Wildman–Crippen MR) is 118 cm³/mol. The second-order valence-corrected chi connectivity index (χ2v) is 6.80. The molecule has 1 N–H and O–H groups in total. The molecular weight excluding hydrogens is 441 g/mol. The molecule has 1 fully saturated rings. The standard InChI is InChI=1S/C20H33N3O2.HI/c1-17-5-7-18(8-6-17)15-23(3)20(21-2)22-11-4-12-25-16-19-9-13-24-14-10-19;/h5-8,19H,4,9-16H2,1-3H3,(H,21,22);1H. The third-order valence-electron chi connectivity index (χ3n) is 4.56. The van der Waals surface area contributed by atoms with E-state index in [0.29, 0.717) is 5.92 Å². The maximum atomic E-state index is 5.81. The van der Waals surface area contributed by atoms with Crippen molar-refractivity contribution in [3.63, 3.8) is 0 Å². The number of benzene rings is 1. The minimum atomic E-state index is 0. The van der Waals surface area contributed by atoms with Gasteiger partial charge in [0.05, 0.1) is 0 Å². The summed E-state index contributed by atoms with van der Waals surface area (Å²) in [5.41, 5.74) is 2.57. The molecule has 0 saturated carbocycles. The first-order valence-electron chi connectivity index (χ1n) is 9.32. The van der Waals surface area contributed by atoms with Gasteiger partial charge < -0.3 is 19.7 Å². The van der Waals surface area contributed by atoms with Crippen molar-refractivity contribution in [3.8, 4) is 0 Å². The van der Waals surface area contributed by atoms with Crippen LogP contribution in [0.4, 0.5) is 0 Å². The zero-order valence-electron chi connectivity index (χ0n) is 16.4. The molecule has 1 aromatic carbocycles. The van der Waals surface area contributed by atoms with Gasteiger partial charge in [0.15, 0.2) is 5.96 Å². The number of nitrogens with zero attached hydrogens (tertiary/aromatic N) is 2. The minimum absolute atomic E-state index is 0. The Balaban J connectivity index is 0.00000338. The molecule has 0 spiro atoms. The Morgan fingerprint density at radius 3 is 2.62 bits per heavy atom. The van der Waals surface area contributed by atoms with Gasteiger partial charge in [-0.3, -0.25) is 4.99 Å². The summed E-state index contributed by atoms with van der Waals surface area (Å²) in [5, 5.41) is 3.42. The lowest BCUT2D eigenvalue weighted by molar-refractivity contribution is 0.0203. The Morgan fingerprint density at radius 2 is 1.96 bits per heavy atom. The summed E-state index contributed by atoms with van der Waals surface area (Å²) < 4.78 is 11.2. The number of rotatable bonds is 8. The third kappa shape index (κ3) is 8.68. The van der Waals surface area contributed by atoms with Crippen LogP contribution >= 0.6 is 24.0 Å². The van der Waals surface area contributed by atoms with Crippen LogP contribution in [-0.4, -0.2) is 57.9 Å². The van der Waals surface area contributed by atoms with Crippen molar-refractivity contribution in [1.29, 1.82) is 0 Å². The van der Waals surface area contributed by atoms with Crippen LogP contribution in [0.5, 0.6) is 0 Å². The fourth-order valence-corrected chi connectivity index (χ4v) is 2.96. The first kappa shape index (κ1) is 23.2. The normalized spacial score (nSPS) is 15.4. The average Bonchev–Trinajstić information content (AvgIpc) is 2.64. The van der Waals surface area contributed by atoms with Gasteiger partial charge in [-0.05, 0) is 37.7 Å². The molecule has 0 aliphatic carbocycles. The molecule has 0 amide bonds. The van der Waals surface area contributed by atoms with Crippen molar-refractivity contribution in [1.82, 2.24) is 10.2 Å². The third-order valence-corrected chi connectivity index (χ3v) is 4.56. The van der Waals surface area contributed by atoms with Crippen molar-refractivity contribution < 1.29 is 9.47 Å². The highest BCUT2D eigenvalue weighted by Gasteiger charge is 2.13. The van der Waals surface area contributed by atoms with Crippen molar-refractivity contribution in [3.05, 3.63) is 35.4 Å². The van der Waals surface area contributed by atoms with Gasteiger partial charge in [0, 0.05) is 53.6 Å². The average molecular weight is 475 g/mol. The quantitative estimate of drug-likeness (QED) is 0.271. The van der Waals surface area contributed by atoms with E-state index in [1.54, 1.807) is 0 Å². The van der Waals surface area contributed by atoms with Gasteiger partial charge in [-0.1, -0.05) is 29.8 Å². The van der Waals surface area contributed by atoms with Crippen molar-refractivity contribution in [2.24, 2.45) is 10.9 Å². The SMILES string of the molecule is CN=C(NCCCOCC1CCOCC1)N(C)Cc1ccc(C)cc1.I. The molecule has 0 bridgehead atoms. The molecule has 1 aliphatic rings.